The molecule has 0 saturated carbocycles. The van der Waals surface area contributed by atoms with Gasteiger partial charge in [-0.25, -0.2) is 0 Å². The topological polar surface area (TPSA) is 140 Å². The van der Waals surface area contributed by atoms with E-state index in [1.807, 2.05) is 0 Å². The average molecular weight is 596 g/mol. The third-order valence-corrected chi connectivity index (χ3v) is 7.37. The van der Waals surface area contributed by atoms with E-state index >= 15 is 0 Å². The van der Waals surface area contributed by atoms with Gasteiger partial charge in [-0.15, -0.1) is 0 Å². The quantitative estimate of drug-likeness (QED) is 0.189. The standard InChI is InChI=1S/C26H21Cl2N3O6S.Na/c1-3-37-25-18(27)9-6-10-20(25)29-26(33)17-13-15-7-4-5-8-16(15)23(24(17)32)31-30-19-11-12-21(38(34,35)36)22(28)14(19)2;/h4-13,32H,3H2,1-2H3,(H,29,33)(H,34,35,36);/q;+1/p-1. The maximum atomic E-state index is 13.4. The Morgan fingerprint density at radius 3 is 2.49 bits per heavy atom. The summed E-state index contributed by atoms with van der Waals surface area (Å²) < 4.78 is 37.9. The second-order valence-electron chi connectivity index (χ2n) is 8.02. The molecular weight excluding hydrogens is 576 g/mol. The molecule has 0 fully saturated rings. The van der Waals surface area contributed by atoms with Crippen LogP contribution in [0.3, 0.4) is 0 Å². The van der Waals surface area contributed by atoms with Gasteiger partial charge >= 0.3 is 29.6 Å². The molecule has 0 unspecified atom stereocenters. The van der Waals surface area contributed by atoms with Crippen molar-refractivity contribution in [2.45, 2.75) is 18.7 Å². The summed E-state index contributed by atoms with van der Waals surface area (Å²) in [4.78, 5) is 12.7. The third kappa shape index (κ3) is 6.55. The smallest absolute Gasteiger partial charge is 0.870 e. The van der Waals surface area contributed by atoms with Crippen LogP contribution in [0.15, 0.2) is 75.8 Å². The van der Waals surface area contributed by atoms with Crippen LogP contribution in [0, 0.1) is 6.92 Å². The van der Waals surface area contributed by atoms with Crippen LogP contribution in [0.5, 0.6) is 11.5 Å². The number of fused-ring (bicyclic) bond motifs is 1. The molecule has 2 N–H and O–H groups in total. The zero-order valence-electron chi connectivity index (χ0n) is 21.0. The summed E-state index contributed by atoms with van der Waals surface area (Å²) in [5.74, 6) is -1.10. The molecule has 0 aliphatic rings. The van der Waals surface area contributed by atoms with Crippen LogP contribution in [-0.2, 0) is 10.1 Å². The van der Waals surface area contributed by atoms with Gasteiger partial charge in [-0.1, -0.05) is 59.3 Å². The van der Waals surface area contributed by atoms with Crippen molar-refractivity contribution in [3.63, 3.8) is 0 Å². The van der Waals surface area contributed by atoms with E-state index < -0.39 is 26.7 Å². The fourth-order valence-corrected chi connectivity index (χ4v) is 5.03. The van der Waals surface area contributed by atoms with Gasteiger partial charge in [-0.05, 0) is 55.1 Å². The van der Waals surface area contributed by atoms with Crippen LogP contribution in [-0.4, -0.2) is 25.5 Å². The summed E-state index contributed by atoms with van der Waals surface area (Å²) >= 11 is 12.3. The van der Waals surface area contributed by atoms with Crippen molar-refractivity contribution in [3.05, 3.63) is 81.8 Å². The number of rotatable bonds is 7. The van der Waals surface area contributed by atoms with Crippen molar-refractivity contribution in [1.82, 2.24) is 0 Å². The van der Waals surface area contributed by atoms with Gasteiger partial charge < -0.3 is 15.2 Å². The predicted molar refractivity (Wildman–Crippen MR) is 144 cm³/mol. The van der Waals surface area contributed by atoms with E-state index in [0.29, 0.717) is 28.1 Å². The van der Waals surface area contributed by atoms with E-state index in [1.165, 1.54) is 19.1 Å². The molecule has 13 heteroatoms. The zero-order chi connectivity index (χ0) is 27.6. The summed E-state index contributed by atoms with van der Waals surface area (Å²) in [7, 11) is -4.54. The number of carbonyl (C=O) groups is 1. The molecule has 1 amide bonds. The minimum Gasteiger partial charge on any atom is -0.870 e. The van der Waals surface area contributed by atoms with Gasteiger partial charge in [0.25, 0.3) is 16.0 Å². The molecule has 4 aromatic carbocycles. The van der Waals surface area contributed by atoms with Gasteiger partial charge in [0, 0.05) is 10.9 Å². The number of anilines is 1. The normalized spacial score (nSPS) is 11.4. The Morgan fingerprint density at radius 2 is 1.79 bits per heavy atom. The molecule has 0 aliphatic heterocycles. The van der Waals surface area contributed by atoms with Crippen molar-refractivity contribution in [2.24, 2.45) is 10.2 Å². The van der Waals surface area contributed by atoms with Crippen molar-refractivity contribution >= 4 is 67.1 Å². The SMILES string of the molecule is CCOc1c(Cl)cccc1NC(=O)c1cc2ccccc2c(N=Nc2ccc(S(=O)(=O)O)c(Cl)c2C)c1[O-].[Na+]. The first-order valence-electron chi connectivity index (χ1n) is 11.2. The first-order chi connectivity index (χ1) is 18.0. The summed E-state index contributed by atoms with van der Waals surface area (Å²) in [6, 6.07) is 15.5. The number of carbonyl (C=O) groups excluding carboxylic acids is 1. The van der Waals surface area contributed by atoms with Crippen LogP contribution < -0.4 is 44.7 Å². The molecule has 0 atom stereocenters. The molecule has 0 spiro atoms. The van der Waals surface area contributed by atoms with Crippen molar-refractivity contribution in [2.75, 3.05) is 11.9 Å². The summed E-state index contributed by atoms with van der Waals surface area (Å²) in [5.41, 5.74) is 0.404. The van der Waals surface area contributed by atoms with Gasteiger partial charge in [0.2, 0.25) is 0 Å². The molecule has 4 rings (SSSR count). The largest absolute Gasteiger partial charge is 1.00 e. The number of hydrogen-bond donors (Lipinski definition) is 2. The van der Waals surface area contributed by atoms with E-state index in [1.54, 1.807) is 49.4 Å². The van der Waals surface area contributed by atoms with Crippen molar-refractivity contribution in [3.8, 4) is 11.5 Å². The van der Waals surface area contributed by atoms with Crippen LogP contribution >= 0.6 is 23.2 Å². The molecule has 9 nitrogen and oxygen atoms in total. The number of para-hydroxylation sites is 1. The number of benzene rings is 4. The summed E-state index contributed by atoms with van der Waals surface area (Å²) in [6.07, 6.45) is 0. The maximum Gasteiger partial charge on any atom is 1.00 e. The Labute approximate surface area is 256 Å². The van der Waals surface area contributed by atoms with Crippen molar-refractivity contribution < 1.29 is 57.2 Å². The first kappa shape index (κ1) is 30.8. The van der Waals surface area contributed by atoms with Gasteiger partial charge in [0.1, 0.15) is 4.90 Å². The number of nitrogens with one attached hydrogen (secondary N) is 1. The predicted octanol–water partition coefficient (Wildman–Crippen LogP) is 3.85. The fourth-order valence-electron chi connectivity index (χ4n) is 3.73. The number of nitrogens with zero attached hydrogens (tertiary/aromatic N) is 2. The van der Waals surface area contributed by atoms with Gasteiger partial charge in [0.05, 0.1) is 33.7 Å². The number of amides is 1. The molecule has 0 aliphatic carbocycles. The molecule has 39 heavy (non-hydrogen) atoms. The molecule has 0 radical (unpaired) electrons. The second-order valence-corrected chi connectivity index (χ2v) is 10.2. The number of ether oxygens (including phenoxy) is 1. The van der Waals surface area contributed by atoms with E-state index in [2.05, 4.69) is 15.5 Å². The van der Waals surface area contributed by atoms with Crippen molar-refractivity contribution in [1.29, 1.82) is 0 Å². The van der Waals surface area contributed by atoms with Crippen LogP contribution in [0.25, 0.3) is 10.8 Å². The van der Waals surface area contributed by atoms with Gasteiger partial charge in [-0.2, -0.15) is 18.6 Å². The minimum absolute atomic E-state index is 0. The van der Waals surface area contributed by atoms with E-state index in [0.717, 1.165) is 6.07 Å². The Kier molecular flexibility index (Phi) is 10.0. The van der Waals surface area contributed by atoms with E-state index in [9.17, 15) is 22.9 Å². The molecule has 4 aromatic rings. The van der Waals surface area contributed by atoms with Gasteiger partial charge in [-0.3, -0.25) is 9.35 Å². The van der Waals surface area contributed by atoms with Crippen LogP contribution in [0.4, 0.5) is 17.1 Å². The van der Waals surface area contributed by atoms with E-state index in [4.69, 9.17) is 27.9 Å². The minimum atomic E-state index is -4.54. The van der Waals surface area contributed by atoms with Gasteiger partial charge in [0.15, 0.2) is 5.75 Å². The molecule has 0 aromatic heterocycles. The Morgan fingerprint density at radius 1 is 1.08 bits per heavy atom. The Hall–Kier alpha value is -2.70. The molecule has 0 heterocycles. The van der Waals surface area contributed by atoms with Crippen LogP contribution in [0.2, 0.25) is 10.0 Å². The van der Waals surface area contributed by atoms with E-state index in [-0.39, 0.29) is 62.8 Å². The second kappa shape index (κ2) is 12.6. The van der Waals surface area contributed by atoms with Crippen LogP contribution in [0.1, 0.15) is 22.8 Å². The maximum absolute atomic E-state index is 13.4. The monoisotopic (exact) mass is 595 g/mol. The molecular formula is C26H20Cl2N3NaO6S. The molecule has 0 saturated heterocycles. The Balaban J connectivity index is 0.00000420. The third-order valence-electron chi connectivity index (χ3n) is 5.58. The fraction of sp³-hybridized carbons (Fsp3) is 0.115. The average Bonchev–Trinajstić information content (AvgIpc) is 2.86. The molecule has 196 valence electrons. The first-order valence-corrected chi connectivity index (χ1v) is 13.4. The number of halogens is 2. The summed E-state index contributed by atoms with van der Waals surface area (Å²) in [6.45, 7) is 3.58. The summed E-state index contributed by atoms with van der Waals surface area (Å²) in [5, 5.41) is 25.4. The molecule has 0 bridgehead atoms. The number of hydrogen-bond acceptors (Lipinski definition) is 7. The number of azo groups is 1. The zero-order valence-corrected chi connectivity index (χ0v) is 25.4. The Bertz CT molecular complexity index is 1710.